The van der Waals surface area contributed by atoms with Crippen molar-refractivity contribution >= 4 is 15.8 Å². The number of hydrogen-bond donors (Lipinski definition) is 0. The monoisotopic (exact) mass is 298 g/mol. The number of hydrogen-bond acceptors (Lipinski definition) is 0. The molecule has 0 amide bonds. The Bertz CT molecular complexity index is 592. The molecule has 0 saturated carbocycles. The lowest BCUT2D eigenvalue weighted by atomic mass is 9.98. The molecule has 2 aromatic carbocycles. The molecule has 3 unspecified atom stereocenters. The minimum atomic E-state index is 0.0988. The molecule has 4 rings (SSSR count). The van der Waals surface area contributed by atoms with Gasteiger partial charge >= 0.3 is 0 Å². The van der Waals surface area contributed by atoms with Crippen molar-refractivity contribution < 1.29 is 0 Å². The average Bonchev–Trinajstić information content (AvgIpc) is 2.94. The second-order valence-electron chi connectivity index (χ2n) is 6.12. The fourth-order valence-electron chi connectivity index (χ4n) is 3.96. The van der Waals surface area contributed by atoms with Crippen LogP contribution >= 0.6 is 15.8 Å². The molecule has 2 heterocycles. The first-order chi connectivity index (χ1) is 9.75. The summed E-state index contributed by atoms with van der Waals surface area (Å²) in [4.78, 5) is 0. The molecule has 0 saturated heterocycles. The summed E-state index contributed by atoms with van der Waals surface area (Å²) < 4.78 is 0. The van der Waals surface area contributed by atoms with Gasteiger partial charge in [-0.2, -0.15) is 0 Å². The van der Waals surface area contributed by atoms with E-state index < -0.39 is 0 Å². The standard InChI is InChI=1S/C18H20P2/c1-19-11-13-7-3-5-9-15(13)17(19)18-16-10-6-4-8-14(16)12-20(18)2/h3-10,17-18H,11-12H2,1-2H3/t17-,18?,19?,20?/m0/s1. The largest absolute Gasteiger partial charge is 0.0967 e. The van der Waals surface area contributed by atoms with E-state index >= 15 is 0 Å². The predicted molar refractivity (Wildman–Crippen MR) is 91.5 cm³/mol. The Hall–Kier alpha value is -0.700. The Morgan fingerprint density at radius 2 is 1.10 bits per heavy atom. The van der Waals surface area contributed by atoms with E-state index in [0.29, 0.717) is 0 Å². The van der Waals surface area contributed by atoms with E-state index in [9.17, 15) is 0 Å². The van der Waals surface area contributed by atoms with E-state index in [0.717, 1.165) is 11.3 Å². The van der Waals surface area contributed by atoms with Crippen LogP contribution in [0.25, 0.3) is 0 Å². The van der Waals surface area contributed by atoms with Gasteiger partial charge in [0.1, 0.15) is 0 Å². The first kappa shape index (κ1) is 13.0. The molecular weight excluding hydrogens is 278 g/mol. The zero-order valence-electron chi connectivity index (χ0n) is 12.1. The van der Waals surface area contributed by atoms with Gasteiger partial charge in [0.25, 0.3) is 0 Å². The molecule has 0 aromatic heterocycles. The van der Waals surface area contributed by atoms with Crippen molar-refractivity contribution in [3.05, 3.63) is 70.8 Å². The van der Waals surface area contributed by atoms with Gasteiger partial charge in [0, 0.05) is 11.3 Å². The van der Waals surface area contributed by atoms with Crippen LogP contribution in [0.15, 0.2) is 48.5 Å². The normalized spacial score (nSPS) is 31.1. The second kappa shape index (κ2) is 4.94. The molecule has 2 heteroatoms. The molecule has 0 spiro atoms. The highest BCUT2D eigenvalue weighted by molar-refractivity contribution is 7.61. The molecule has 0 aliphatic carbocycles. The summed E-state index contributed by atoms with van der Waals surface area (Å²) in [5.41, 5.74) is 8.19. The minimum Gasteiger partial charge on any atom is -0.0967 e. The maximum atomic E-state index is 2.52. The van der Waals surface area contributed by atoms with Gasteiger partial charge in [-0.1, -0.05) is 64.4 Å². The lowest BCUT2D eigenvalue weighted by Gasteiger charge is -2.29. The van der Waals surface area contributed by atoms with Gasteiger partial charge in [0.05, 0.1) is 0 Å². The average molecular weight is 298 g/mol. The second-order valence-corrected chi connectivity index (χ2v) is 10.9. The zero-order chi connectivity index (χ0) is 13.7. The zero-order valence-corrected chi connectivity index (χ0v) is 13.9. The van der Waals surface area contributed by atoms with Crippen molar-refractivity contribution in [2.45, 2.75) is 23.6 Å². The highest BCUT2D eigenvalue weighted by atomic mass is 31.1. The summed E-state index contributed by atoms with van der Waals surface area (Å²) in [7, 11) is 0.198. The molecule has 102 valence electrons. The van der Waals surface area contributed by atoms with E-state index in [1.807, 2.05) is 0 Å². The maximum Gasteiger partial charge on any atom is 0.0153 e. The minimum absolute atomic E-state index is 0.0988. The fourth-order valence-corrected chi connectivity index (χ4v) is 10.1. The Morgan fingerprint density at radius 3 is 1.55 bits per heavy atom. The van der Waals surface area contributed by atoms with Crippen molar-refractivity contribution in [1.82, 2.24) is 0 Å². The topological polar surface area (TPSA) is 0 Å². The van der Waals surface area contributed by atoms with Gasteiger partial charge in [-0.3, -0.25) is 0 Å². The van der Waals surface area contributed by atoms with E-state index in [1.54, 1.807) is 22.3 Å². The summed E-state index contributed by atoms with van der Waals surface area (Å²) in [6, 6.07) is 18.4. The van der Waals surface area contributed by atoms with Crippen LogP contribution in [0.5, 0.6) is 0 Å². The quantitative estimate of drug-likeness (QED) is 0.591. The van der Waals surface area contributed by atoms with Crippen LogP contribution in [-0.2, 0) is 12.3 Å². The Balaban J connectivity index is 1.82. The molecular formula is C18H20P2. The molecule has 2 aromatic rings. The van der Waals surface area contributed by atoms with Gasteiger partial charge in [-0.05, 0) is 47.9 Å². The van der Waals surface area contributed by atoms with Crippen LogP contribution in [0.3, 0.4) is 0 Å². The Kier molecular flexibility index (Phi) is 3.21. The van der Waals surface area contributed by atoms with Crippen LogP contribution in [0, 0.1) is 0 Å². The third kappa shape index (κ3) is 1.89. The van der Waals surface area contributed by atoms with E-state index in [-0.39, 0.29) is 15.8 Å². The molecule has 20 heavy (non-hydrogen) atoms. The maximum absolute atomic E-state index is 2.52. The molecule has 0 nitrogen and oxygen atoms in total. The van der Waals surface area contributed by atoms with Gasteiger partial charge in [-0.25, -0.2) is 0 Å². The molecule has 0 fully saturated rings. The van der Waals surface area contributed by atoms with Crippen molar-refractivity contribution in [2.24, 2.45) is 0 Å². The number of benzene rings is 2. The SMILES string of the molecule is CP1Cc2ccccc2C1[C@@H]1c2ccccc2CP1C. The summed E-state index contributed by atoms with van der Waals surface area (Å²) in [6.45, 7) is 5.04. The van der Waals surface area contributed by atoms with E-state index in [1.165, 1.54) is 12.3 Å². The molecule has 0 radical (unpaired) electrons. The third-order valence-electron chi connectivity index (χ3n) is 4.84. The summed E-state index contributed by atoms with van der Waals surface area (Å²) in [6.07, 6.45) is 2.66. The number of fused-ring (bicyclic) bond motifs is 2. The van der Waals surface area contributed by atoms with Gasteiger partial charge < -0.3 is 0 Å². The first-order valence-electron chi connectivity index (χ1n) is 7.32. The van der Waals surface area contributed by atoms with Crippen molar-refractivity contribution in [2.75, 3.05) is 13.3 Å². The van der Waals surface area contributed by atoms with E-state index in [2.05, 4.69) is 61.9 Å². The Morgan fingerprint density at radius 1 is 0.700 bits per heavy atom. The van der Waals surface area contributed by atoms with Crippen molar-refractivity contribution in [1.29, 1.82) is 0 Å². The lowest BCUT2D eigenvalue weighted by Crippen LogP contribution is -2.03. The first-order valence-corrected chi connectivity index (χ1v) is 11.4. The van der Waals surface area contributed by atoms with Crippen LogP contribution in [-0.4, -0.2) is 13.3 Å². The highest BCUT2D eigenvalue weighted by Crippen LogP contribution is 2.73. The van der Waals surface area contributed by atoms with Crippen molar-refractivity contribution in [3.8, 4) is 0 Å². The summed E-state index contributed by atoms with van der Waals surface area (Å²) in [5, 5.41) is 0. The summed E-state index contributed by atoms with van der Waals surface area (Å²) >= 11 is 0. The number of rotatable bonds is 1. The molecule has 2 aliphatic rings. The van der Waals surface area contributed by atoms with Gasteiger partial charge in [0.2, 0.25) is 0 Å². The van der Waals surface area contributed by atoms with E-state index in [4.69, 9.17) is 0 Å². The molecule has 2 aliphatic heterocycles. The van der Waals surface area contributed by atoms with Crippen LogP contribution < -0.4 is 0 Å². The lowest BCUT2D eigenvalue weighted by molar-refractivity contribution is 0.900. The molecule has 0 N–H and O–H groups in total. The fraction of sp³-hybridized carbons (Fsp3) is 0.333. The van der Waals surface area contributed by atoms with Gasteiger partial charge in [-0.15, -0.1) is 0 Å². The Labute approximate surface area is 124 Å². The van der Waals surface area contributed by atoms with Crippen LogP contribution in [0.2, 0.25) is 0 Å². The van der Waals surface area contributed by atoms with Crippen LogP contribution in [0.4, 0.5) is 0 Å². The van der Waals surface area contributed by atoms with Crippen LogP contribution in [0.1, 0.15) is 33.6 Å². The third-order valence-corrected chi connectivity index (χ3v) is 9.80. The molecule has 0 bridgehead atoms. The van der Waals surface area contributed by atoms with Crippen molar-refractivity contribution in [3.63, 3.8) is 0 Å². The summed E-state index contributed by atoms with van der Waals surface area (Å²) in [5.74, 6) is 0. The smallest absolute Gasteiger partial charge is 0.0153 e. The predicted octanol–water partition coefficient (Wildman–Crippen LogP) is 5.72. The van der Waals surface area contributed by atoms with Gasteiger partial charge in [0.15, 0.2) is 0 Å². The molecule has 4 atom stereocenters. The highest BCUT2D eigenvalue weighted by Gasteiger charge is 2.41.